The van der Waals surface area contributed by atoms with Gasteiger partial charge in [-0.05, 0) is 43.2 Å². The van der Waals surface area contributed by atoms with Gasteiger partial charge < -0.3 is 15.8 Å². The fourth-order valence-corrected chi connectivity index (χ4v) is 2.51. The number of rotatable bonds is 9. The first-order valence-corrected chi connectivity index (χ1v) is 8.83. The average Bonchev–Trinajstić information content (AvgIpc) is 2.60. The van der Waals surface area contributed by atoms with Gasteiger partial charge in [-0.15, -0.1) is 0 Å². The number of carbonyl (C=O) groups excluding carboxylic acids is 1. The second-order valence-electron chi connectivity index (χ2n) is 6.12. The van der Waals surface area contributed by atoms with E-state index < -0.39 is 0 Å². The molecule has 1 amide bonds. The van der Waals surface area contributed by atoms with Crippen LogP contribution in [0.15, 0.2) is 36.4 Å². The van der Waals surface area contributed by atoms with Gasteiger partial charge in [0.05, 0.1) is 12.2 Å². The number of unbranched alkanes of at least 4 members (excludes halogenated alkanes) is 3. The van der Waals surface area contributed by atoms with Crippen molar-refractivity contribution in [2.45, 2.75) is 46.1 Å². The van der Waals surface area contributed by atoms with Gasteiger partial charge in [0.15, 0.2) is 0 Å². The van der Waals surface area contributed by atoms with E-state index in [2.05, 4.69) is 17.2 Å². The van der Waals surface area contributed by atoms with Crippen molar-refractivity contribution in [2.75, 3.05) is 12.3 Å². The van der Waals surface area contributed by atoms with Gasteiger partial charge in [-0.2, -0.15) is 0 Å². The van der Waals surface area contributed by atoms with E-state index in [4.69, 9.17) is 10.5 Å². The number of hydrogen-bond donors (Lipinski definition) is 2. The number of pyridine rings is 1. The number of ether oxygens (including phenoxy) is 1. The highest BCUT2D eigenvalue weighted by Gasteiger charge is 2.10. The Labute approximate surface area is 149 Å². The van der Waals surface area contributed by atoms with Gasteiger partial charge in [-0.1, -0.05) is 38.3 Å². The van der Waals surface area contributed by atoms with Gasteiger partial charge in [0, 0.05) is 12.2 Å². The molecule has 1 aromatic carbocycles. The smallest absolute Gasteiger partial charge is 0.255 e. The summed E-state index contributed by atoms with van der Waals surface area (Å²) in [7, 11) is 0. The molecule has 2 aromatic rings. The summed E-state index contributed by atoms with van der Waals surface area (Å²) in [5, 5.41) is 2.87. The number of amides is 1. The summed E-state index contributed by atoms with van der Waals surface area (Å²) < 4.78 is 5.77. The summed E-state index contributed by atoms with van der Waals surface area (Å²) >= 11 is 0. The first-order valence-electron chi connectivity index (χ1n) is 8.83. The van der Waals surface area contributed by atoms with Crippen LogP contribution in [0.25, 0.3) is 0 Å². The van der Waals surface area contributed by atoms with Crippen molar-refractivity contribution >= 4 is 11.7 Å². The molecule has 0 aliphatic rings. The molecule has 0 atom stereocenters. The molecule has 1 aromatic heterocycles. The van der Waals surface area contributed by atoms with E-state index in [-0.39, 0.29) is 11.7 Å². The first-order chi connectivity index (χ1) is 12.1. The van der Waals surface area contributed by atoms with E-state index in [1.165, 1.54) is 19.3 Å². The maximum absolute atomic E-state index is 12.2. The van der Waals surface area contributed by atoms with Crippen molar-refractivity contribution in [3.8, 4) is 5.75 Å². The predicted molar refractivity (Wildman–Crippen MR) is 101 cm³/mol. The van der Waals surface area contributed by atoms with Crippen molar-refractivity contribution in [2.24, 2.45) is 0 Å². The zero-order valence-electron chi connectivity index (χ0n) is 15.0. The monoisotopic (exact) mass is 341 g/mol. The SMILES string of the molecule is CCCCCCOc1cccc(CNC(=O)c2ccc(C)nc2N)c1. The van der Waals surface area contributed by atoms with Crippen molar-refractivity contribution in [3.63, 3.8) is 0 Å². The molecule has 0 saturated heterocycles. The Morgan fingerprint density at radius 1 is 1.20 bits per heavy atom. The molecule has 5 nitrogen and oxygen atoms in total. The van der Waals surface area contributed by atoms with Gasteiger partial charge in [-0.25, -0.2) is 4.98 Å². The Balaban J connectivity index is 1.86. The van der Waals surface area contributed by atoms with Crippen molar-refractivity contribution in [3.05, 3.63) is 53.2 Å². The van der Waals surface area contributed by atoms with Crippen LogP contribution >= 0.6 is 0 Å². The van der Waals surface area contributed by atoms with E-state index in [1.807, 2.05) is 31.2 Å². The Kier molecular flexibility index (Phi) is 7.26. The molecular formula is C20H27N3O2. The molecule has 3 N–H and O–H groups in total. The van der Waals surface area contributed by atoms with Crippen molar-refractivity contribution < 1.29 is 9.53 Å². The van der Waals surface area contributed by atoms with Crippen LogP contribution in [-0.4, -0.2) is 17.5 Å². The number of nitrogen functional groups attached to an aromatic ring is 1. The largest absolute Gasteiger partial charge is 0.494 e. The standard InChI is InChI=1S/C20H27N3O2/c1-3-4-5-6-12-25-17-9-7-8-16(13-17)14-22-20(24)18-11-10-15(2)23-19(18)21/h7-11,13H,3-6,12,14H2,1-2H3,(H2,21,23)(H,22,24). The third kappa shape index (κ3) is 6.10. The number of nitrogens with zero attached hydrogens (tertiary/aromatic N) is 1. The molecule has 1 heterocycles. The van der Waals surface area contributed by atoms with E-state index in [9.17, 15) is 4.79 Å². The molecular weight excluding hydrogens is 314 g/mol. The van der Waals surface area contributed by atoms with Crippen molar-refractivity contribution in [1.29, 1.82) is 0 Å². The topological polar surface area (TPSA) is 77.2 Å². The molecule has 0 aliphatic heterocycles. The van der Waals surface area contributed by atoms with Crippen LogP contribution in [0, 0.1) is 6.92 Å². The summed E-state index contributed by atoms with van der Waals surface area (Å²) in [5.74, 6) is 0.859. The normalized spacial score (nSPS) is 10.5. The van der Waals surface area contributed by atoms with Crippen LogP contribution in [0.5, 0.6) is 5.75 Å². The summed E-state index contributed by atoms with van der Waals surface area (Å²) in [6.45, 7) is 5.17. The minimum atomic E-state index is -0.226. The summed E-state index contributed by atoms with van der Waals surface area (Å²) in [5.41, 5.74) is 7.98. The highest BCUT2D eigenvalue weighted by Crippen LogP contribution is 2.15. The fraction of sp³-hybridized carbons (Fsp3) is 0.400. The predicted octanol–water partition coefficient (Wildman–Crippen LogP) is 3.86. The zero-order chi connectivity index (χ0) is 18.1. The average molecular weight is 341 g/mol. The minimum Gasteiger partial charge on any atom is -0.494 e. The van der Waals surface area contributed by atoms with Gasteiger partial charge in [-0.3, -0.25) is 4.79 Å². The van der Waals surface area contributed by atoms with Crippen LogP contribution in [0.4, 0.5) is 5.82 Å². The maximum atomic E-state index is 12.2. The van der Waals surface area contributed by atoms with Gasteiger partial charge in [0.25, 0.3) is 5.91 Å². The molecule has 0 unspecified atom stereocenters. The third-order valence-corrected chi connectivity index (χ3v) is 3.93. The highest BCUT2D eigenvalue weighted by atomic mass is 16.5. The Bertz CT molecular complexity index is 701. The first kappa shape index (κ1) is 18.8. The lowest BCUT2D eigenvalue weighted by Gasteiger charge is -2.10. The lowest BCUT2D eigenvalue weighted by Crippen LogP contribution is -2.24. The fourth-order valence-electron chi connectivity index (χ4n) is 2.51. The number of carbonyl (C=O) groups is 1. The van der Waals surface area contributed by atoms with Crippen LogP contribution in [0.1, 0.15) is 54.2 Å². The maximum Gasteiger partial charge on any atom is 0.255 e. The lowest BCUT2D eigenvalue weighted by molar-refractivity contribution is 0.0951. The Morgan fingerprint density at radius 2 is 2.04 bits per heavy atom. The van der Waals surface area contributed by atoms with E-state index in [0.717, 1.165) is 30.0 Å². The third-order valence-electron chi connectivity index (χ3n) is 3.93. The van der Waals surface area contributed by atoms with E-state index in [0.29, 0.717) is 12.1 Å². The van der Waals surface area contributed by atoms with Crippen molar-refractivity contribution in [1.82, 2.24) is 10.3 Å². The zero-order valence-corrected chi connectivity index (χ0v) is 15.0. The summed E-state index contributed by atoms with van der Waals surface area (Å²) in [4.78, 5) is 16.4. The molecule has 134 valence electrons. The Hall–Kier alpha value is -2.56. The van der Waals surface area contributed by atoms with Gasteiger partial charge >= 0.3 is 0 Å². The molecule has 0 bridgehead atoms. The van der Waals surface area contributed by atoms with Crippen LogP contribution in [0.3, 0.4) is 0 Å². The van der Waals surface area contributed by atoms with Gasteiger partial charge in [0.2, 0.25) is 0 Å². The second kappa shape index (κ2) is 9.67. The number of aryl methyl sites for hydroxylation is 1. The number of nitrogens with one attached hydrogen (secondary N) is 1. The molecule has 0 spiro atoms. The molecule has 2 rings (SSSR count). The molecule has 0 saturated carbocycles. The molecule has 5 heteroatoms. The number of hydrogen-bond acceptors (Lipinski definition) is 4. The van der Waals surface area contributed by atoms with E-state index >= 15 is 0 Å². The molecule has 0 aliphatic carbocycles. The molecule has 0 radical (unpaired) electrons. The minimum absolute atomic E-state index is 0.226. The van der Waals surface area contributed by atoms with Crippen LogP contribution < -0.4 is 15.8 Å². The number of benzene rings is 1. The quantitative estimate of drug-likeness (QED) is 0.679. The second-order valence-corrected chi connectivity index (χ2v) is 6.12. The molecule has 25 heavy (non-hydrogen) atoms. The Morgan fingerprint density at radius 3 is 2.80 bits per heavy atom. The lowest BCUT2D eigenvalue weighted by atomic mass is 10.2. The summed E-state index contributed by atoms with van der Waals surface area (Å²) in [6, 6.07) is 11.3. The highest BCUT2D eigenvalue weighted by molar-refractivity contribution is 5.98. The van der Waals surface area contributed by atoms with E-state index in [1.54, 1.807) is 12.1 Å². The number of anilines is 1. The number of aromatic nitrogens is 1. The summed E-state index contributed by atoms with van der Waals surface area (Å²) in [6.07, 6.45) is 4.72. The van der Waals surface area contributed by atoms with Crippen LogP contribution in [0.2, 0.25) is 0 Å². The van der Waals surface area contributed by atoms with Crippen LogP contribution in [-0.2, 0) is 6.54 Å². The number of nitrogens with two attached hydrogens (primary N) is 1. The van der Waals surface area contributed by atoms with Gasteiger partial charge in [0.1, 0.15) is 11.6 Å². The molecule has 0 fully saturated rings.